The number of nitrogens with one attached hydrogen (secondary N) is 1. The van der Waals surface area contributed by atoms with Gasteiger partial charge in [0.25, 0.3) is 0 Å². The lowest BCUT2D eigenvalue weighted by molar-refractivity contribution is 0.413. The summed E-state index contributed by atoms with van der Waals surface area (Å²) in [5, 5.41) is 7.98. The molecule has 0 aromatic carbocycles. The third kappa shape index (κ3) is 3.32. The SMILES string of the molecule is CCCC(C)Cn1nc(C)c(C(C)NC)c1C. The Morgan fingerprint density at radius 1 is 1.29 bits per heavy atom. The zero-order valence-corrected chi connectivity index (χ0v) is 12.2. The van der Waals surface area contributed by atoms with Crippen LogP contribution in [0.2, 0.25) is 0 Å². The van der Waals surface area contributed by atoms with Gasteiger partial charge >= 0.3 is 0 Å². The molecule has 1 heterocycles. The lowest BCUT2D eigenvalue weighted by Crippen LogP contribution is -2.15. The van der Waals surface area contributed by atoms with Crippen molar-refractivity contribution in [1.29, 1.82) is 0 Å². The van der Waals surface area contributed by atoms with E-state index in [1.54, 1.807) is 0 Å². The Hall–Kier alpha value is -0.830. The van der Waals surface area contributed by atoms with Gasteiger partial charge < -0.3 is 5.32 Å². The maximum Gasteiger partial charge on any atom is 0.0644 e. The van der Waals surface area contributed by atoms with Gasteiger partial charge in [-0.05, 0) is 40.2 Å². The Labute approximate surface area is 106 Å². The van der Waals surface area contributed by atoms with Gasteiger partial charge in [0.2, 0.25) is 0 Å². The van der Waals surface area contributed by atoms with E-state index in [9.17, 15) is 0 Å². The van der Waals surface area contributed by atoms with Crippen LogP contribution >= 0.6 is 0 Å². The van der Waals surface area contributed by atoms with E-state index < -0.39 is 0 Å². The fourth-order valence-corrected chi connectivity index (χ4v) is 2.54. The number of hydrogen-bond acceptors (Lipinski definition) is 2. The average Bonchev–Trinajstić information content (AvgIpc) is 2.54. The molecule has 3 heteroatoms. The van der Waals surface area contributed by atoms with Crippen LogP contribution in [0, 0.1) is 19.8 Å². The fraction of sp³-hybridized carbons (Fsp3) is 0.786. The molecular weight excluding hydrogens is 210 g/mol. The van der Waals surface area contributed by atoms with E-state index >= 15 is 0 Å². The Kier molecular flexibility index (Phi) is 5.19. The number of rotatable bonds is 6. The quantitative estimate of drug-likeness (QED) is 0.823. The first-order valence-electron chi connectivity index (χ1n) is 6.72. The highest BCUT2D eigenvalue weighted by Crippen LogP contribution is 2.22. The molecular formula is C14H27N3. The Morgan fingerprint density at radius 2 is 1.94 bits per heavy atom. The lowest BCUT2D eigenvalue weighted by atomic mass is 10.1. The van der Waals surface area contributed by atoms with Crippen LogP contribution < -0.4 is 5.32 Å². The summed E-state index contributed by atoms with van der Waals surface area (Å²) >= 11 is 0. The average molecular weight is 237 g/mol. The molecule has 2 atom stereocenters. The second kappa shape index (κ2) is 6.20. The molecule has 98 valence electrons. The molecule has 0 aliphatic heterocycles. The van der Waals surface area contributed by atoms with Crippen molar-refractivity contribution in [2.45, 2.75) is 60.0 Å². The molecule has 0 bridgehead atoms. The summed E-state index contributed by atoms with van der Waals surface area (Å²) in [6.45, 7) is 12.1. The summed E-state index contributed by atoms with van der Waals surface area (Å²) in [6, 6.07) is 0.380. The molecule has 0 radical (unpaired) electrons. The molecule has 0 spiro atoms. The second-order valence-electron chi connectivity index (χ2n) is 5.17. The zero-order valence-electron chi connectivity index (χ0n) is 12.2. The fourth-order valence-electron chi connectivity index (χ4n) is 2.54. The summed E-state index contributed by atoms with van der Waals surface area (Å²) in [5.41, 5.74) is 3.83. The molecule has 0 saturated carbocycles. The molecule has 1 aromatic rings. The highest BCUT2D eigenvalue weighted by Gasteiger charge is 2.16. The molecule has 0 amide bonds. The first-order chi connectivity index (χ1) is 8.01. The first kappa shape index (κ1) is 14.2. The van der Waals surface area contributed by atoms with Crippen molar-refractivity contribution < 1.29 is 0 Å². The van der Waals surface area contributed by atoms with Crippen LogP contribution in [0.4, 0.5) is 0 Å². The molecule has 3 nitrogen and oxygen atoms in total. The van der Waals surface area contributed by atoms with Gasteiger partial charge in [0.1, 0.15) is 0 Å². The monoisotopic (exact) mass is 237 g/mol. The Bertz CT molecular complexity index is 355. The third-order valence-electron chi connectivity index (χ3n) is 3.57. The van der Waals surface area contributed by atoms with Gasteiger partial charge in [0, 0.05) is 23.8 Å². The second-order valence-corrected chi connectivity index (χ2v) is 5.17. The van der Waals surface area contributed by atoms with Crippen molar-refractivity contribution in [3.05, 3.63) is 17.0 Å². The minimum absolute atomic E-state index is 0.380. The summed E-state index contributed by atoms with van der Waals surface area (Å²) in [4.78, 5) is 0. The maximum absolute atomic E-state index is 4.68. The number of nitrogens with zero attached hydrogens (tertiary/aromatic N) is 2. The number of hydrogen-bond donors (Lipinski definition) is 1. The van der Waals surface area contributed by atoms with Crippen LogP contribution in [0.5, 0.6) is 0 Å². The van der Waals surface area contributed by atoms with Crippen LogP contribution in [0.1, 0.15) is 56.6 Å². The lowest BCUT2D eigenvalue weighted by Gasteiger charge is -2.14. The summed E-state index contributed by atoms with van der Waals surface area (Å²) in [5.74, 6) is 0.704. The first-order valence-corrected chi connectivity index (χ1v) is 6.72. The van der Waals surface area contributed by atoms with E-state index in [2.05, 4.69) is 49.7 Å². The van der Waals surface area contributed by atoms with Gasteiger partial charge in [-0.2, -0.15) is 5.10 Å². The summed E-state index contributed by atoms with van der Waals surface area (Å²) < 4.78 is 2.18. The molecule has 1 N–H and O–H groups in total. The van der Waals surface area contributed by atoms with E-state index in [1.165, 1.54) is 24.1 Å². The summed E-state index contributed by atoms with van der Waals surface area (Å²) in [7, 11) is 2.00. The van der Waals surface area contributed by atoms with Gasteiger partial charge in [0.05, 0.1) is 5.69 Å². The predicted octanol–water partition coefficient (Wildman–Crippen LogP) is 3.22. The molecule has 0 fully saturated rings. The molecule has 17 heavy (non-hydrogen) atoms. The molecule has 0 aliphatic carbocycles. The molecule has 0 saturated heterocycles. The van der Waals surface area contributed by atoms with E-state index in [0.717, 1.165) is 12.2 Å². The van der Waals surface area contributed by atoms with Crippen LogP contribution in [-0.4, -0.2) is 16.8 Å². The Balaban J connectivity index is 2.88. The maximum atomic E-state index is 4.68. The summed E-state index contributed by atoms with van der Waals surface area (Å²) in [6.07, 6.45) is 2.52. The van der Waals surface area contributed by atoms with Crippen molar-refractivity contribution in [3.8, 4) is 0 Å². The Morgan fingerprint density at radius 3 is 2.47 bits per heavy atom. The van der Waals surface area contributed by atoms with Gasteiger partial charge in [-0.1, -0.05) is 20.3 Å². The van der Waals surface area contributed by atoms with Gasteiger partial charge in [-0.25, -0.2) is 0 Å². The topological polar surface area (TPSA) is 29.9 Å². The number of aryl methyl sites for hydroxylation is 1. The van der Waals surface area contributed by atoms with Crippen LogP contribution in [0.25, 0.3) is 0 Å². The van der Waals surface area contributed by atoms with Gasteiger partial charge in [0.15, 0.2) is 0 Å². The van der Waals surface area contributed by atoms with E-state index in [0.29, 0.717) is 12.0 Å². The van der Waals surface area contributed by atoms with Crippen molar-refractivity contribution in [2.75, 3.05) is 7.05 Å². The molecule has 1 aromatic heterocycles. The predicted molar refractivity (Wildman–Crippen MR) is 73.2 cm³/mol. The number of aromatic nitrogens is 2. The minimum atomic E-state index is 0.380. The zero-order chi connectivity index (χ0) is 13.0. The highest BCUT2D eigenvalue weighted by molar-refractivity contribution is 5.27. The molecule has 2 unspecified atom stereocenters. The van der Waals surface area contributed by atoms with E-state index in [-0.39, 0.29) is 0 Å². The largest absolute Gasteiger partial charge is 0.313 e. The van der Waals surface area contributed by atoms with Crippen molar-refractivity contribution in [2.24, 2.45) is 5.92 Å². The van der Waals surface area contributed by atoms with Crippen molar-refractivity contribution in [3.63, 3.8) is 0 Å². The van der Waals surface area contributed by atoms with E-state index in [1.807, 2.05) is 7.05 Å². The molecule has 0 aliphatic rings. The normalized spacial score (nSPS) is 14.9. The van der Waals surface area contributed by atoms with Crippen LogP contribution in [0.15, 0.2) is 0 Å². The van der Waals surface area contributed by atoms with Crippen LogP contribution in [0.3, 0.4) is 0 Å². The van der Waals surface area contributed by atoms with Crippen molar-refractivity contribution >= 4 is 0 Å². The van der Waals surface area contributed by atoms with Gasteiger partial charge in [-0.15, -0.1) is 0 Å². The standard InChI is InChI=1S/C14H27N3/c1-7-8-10(2)9-17-13(5)14(11(3)15-6)12(4)16-17/h10-11,15H,7-9H2,1-6H3. The van der Waals surface area contributed by atoms with Gasteiger partial charge in [-0.3, -0.25) is 4.68 Å². The van der Waals surface area contributed by atoms with Crippen LogP contribution in [-0.2, 0) is 6.54 Å². The third-order valence-corrected chi connectivity index (χ3v) is 3.57. The minimum Gasteiger partial charge on any atom is -0.313 e. The molecule has 1 rings (SSSR count). The van der Waals surface area contributed by atoms with E-state index in [4.69, 9.17) is 0 Å². The highest BCUT2D eigenvalue weighted by atomic mass is 15.3. The van der Waals surface area contributed by atoms with Crippen molar-refractivity contribution in [1.82, 2.24) is 15.1 Å². The smallest absolute Gasteiger partial charge is 0.0644 e.